The smallest absolute Gasteiger partial charge is 0.255 e. The van der Waals surface area contributed by atoms with Gasteiger partial charge in [0.05, 0.1) is 37.5 Å². The van der Waals surface area contributed by atoms with Crippen LogP contribution in [0.1, 0.15) is 49.0 Å². The number of carbonyl (C=O) groups is 1. The van der Waals surface area contributed by atoms with Crippen molar-refractivity contribution in [2.24, 2.45) is 0 Å². The topological polar surface area (TPSA) is 117 Å². The Hall–Kier alpha value is -2.03. The minimum Gasteiger partial charge on any atom is -0.490 e. The van der Waals surface area contributed by atoms with Gasteiger partial charge in [0.25, 0.3) is 5.91 Å². The summed E-state index contributed by atoms with van der Waals surface area (Å²) in [5, 5.41) is 33.3. The second-order valence-electron chi connectivity index (χ2n) is 6.69. The molecule has 1 saturated carbocycles. The van der Waals surface area contributed by atoms with Crippen LogP contribution in [0.25, 0.3) is 0 Å². The van der Waals surface area contributed by atoms with E-state index in [0.29, 0.717) is 48.2 Å². The van der Waals surface area contributed by atoms with E-state index in [1.807, 2.05) is 20.8 Å². The van der Waals surface area contributed by atoms with Crippen molar-refractivity contribution in [1.29, 1.82) is 0 Å². The number of amides is 1. The van der Waals surface area contributed by atoms with Crippen molar-refractivity contribution in [2.45, 2.75) is 57.5 Å². The van der Waals surface area contributed by atoms with Crippen LogP contribution in [0, 0.1) is 0 Å². The van der Waals surface area contributed by atoms with Crippen LogP contribution in [0.3, 0.4) is 0 Å². The number of ether oxygens (including phenoxy) is 3. The third kappa shape index (κ3) is 3.33. The normalized spacial score (nSPS) is 29.4. The molecule has 5 atom stereocenters. The first-order valence-corrected chi connectivity index (χ1v) is 9.38. The molecule has 1 amide bonds. The van der Waals surface area contributed by atoms with Crippen molar-refractivity contribution >= 4 is 5.91 Å². The van der Waals surface area contributed by atoms with Gasteiger partial charge >= 0.3 is 0 Å². The van der Waals surface area contributed by atoms with Crippen molar-refractivity contribution in [3.8, 4) is 17.2 Å². The molecule has 1 aliphatic carbocycles. The second-order valence-corrected chi connectivity index (χ2v) is 6.69. The van der Waals surface area contributed by atoms with E-state index < -0.39 is 30.3 Å². The molecule has 1 heterocycles. The number of hydrogen-bond donors (Lipinski definition) is 4. The highest BCUT2D eigenvalue weighted by Gasteiger charge is 2.49. The maximum Gasteiger partial charge on any atom is 0.255 e. The van der Waals surface area contributed by atoms with Gasteiger partial charge in [-0.15, -0.1) is 0 Å². The zero-order valence-electron chi connectivity index (χ0n) is 15.8. The van der Waals surface area contributed by atoms with Crippen LogP contribution in [-0.2, 0) is 0 Å². The van der Waals surface area contributed by atoms with Crippen LogP contribution >= 0.6 is 0 Å². The van der Waals surface area contributed by atoms with Crippen molar-refractivity contribution in [1.82, 2.24) is 5.32 Å². The molecule has 8 nitrogen and oxygen atoms in total. The third-order valence-electron chi connectivity index (χ3n) is 5.07. The van der Waals surface area contributed by atoms with Gasteiger partial charge in [-0.2, -0.15) is 0 Å². The van der Waals surface area contributed by atoms with Crippen LogP contribution in [0.2, 0.25) is 0 Å². The first-order chi connectivity index (χ1) is 12.9. The van der Waals surface area contributed by atoms with E-state index in [9.17, 15) is 20.1 Å². The lowest BCUT2D eigenvalue weighted by atomic mass is 9.72. The maximum absolute atomic E-state index is 12.9. The van der Waals surface area contributed by atoms with E-state index in [-0.39, 0.29) is 12.3 Å². The molecule has 3 rings (SSSR count). The average molecular weight is 381 g/mol. The fourth-order valence-electron chi connectivity index (χ4n) is 3.94. The summed E-state index contributed by atoms with van der Waals surface area (Å²) in [4.78, 5) is 12.9. The van der Waals surface area contributed by atoms with Crippen LogP contribution in [0.5, 0.6) is 17.2 Å². The number of benzene rings is 1. The predicted octanol–water partition coefficient (Wildman–Crippen LogP) is 0.565. The van der Waals surface area contributed by atoms with E-state index >= 15 is 0 Å². The van der Waals surface area contributed by atoms with E-state index in [4.69, 9.17) is 14.2 Å². The molecule has 1 aromatic rings. The van der Waals surface area contributed by atoms with E-state index in [0.717, 1.165) is 0 Å². The Balaban J connectivity index is 2.19. The van der Waals surface area contributed by atoms with E-state index in [1.54, 1.807) is 6.07 Å². The number of fused-ring (bicyclic) bond motifs is 3. The number of hydrogen-bond acceptors (Lipinski definition) is 7. The van der Waals surface area contributed by atoms with E-state index in [2.05, 4.69) is 5.32 Å². The highest BCUT2D eigenvalue weighted by molar-refractivity contribution is 6.01. The first-order valence-electron chi connectivity index (χ1n) is 9.38. The van der Waals surface area contributed by atoms with Gasteiger partial charge in [0, 0.05) is 5.92 Å². The summed E-state index contributed by atoms with van der Waals surface area (Å²) >= 11 is 0. The van der Waals surface area contributed by atoms with Crippen LogP contribution < -0.4 is 19.5 Å². The molecule has 0 aromatic heterocycles. The van der Waals surface area contributed by atoms with Gasteiger partial charge in [0.1, 0.15) is 12.2 Å². The number of rotatable bonds is 6. The largest absolute Gasteiger partial charge is 0.490 e. The van der Waals surface area contributed by atoms with Crippen molar-refractivity contribution < 1.29 is 34.3 Å². The van der Waals surface area contributed by atoms with Gasteiger partial charge in [-0.3, -0.25) is 4.79 Å². The average Bonchev–Trinajstić information content (AvgIpc) is 2.64. The Kier molecular flexibility index (Phi) is 5.78. The summed E-state index contributed by atoms with van der Waals surface area (Å²) in [6, 6.07) is 1.02. The highest BCUT2D eigenvalue weighted by Crippen LogP contribution is 2.49. The van der Waals surface area contributed by atoms with Crippen LogP contribution in [0.15, 0.2) is 6.07 Å². The quantitative estimate of drug-likeness (QED) is 0.569. The maximum atomic E-state index is 12.9. The molecule has 2 aliphatic rings. The minimum atomic E-state index is -1.31. The van der Waals surface area contributed by atoms with Crippen LogP contribution in [-0.4, -0.2) is 65.4 Å². The molecule has 150 valence electrons. The molecule has 4 N–H and O–H groups in total. The SMILES string of the molecule is CCOc1cc2c(c(OCC)c1OCC)C(=O)NC1C2CC(O)C(O)C1O. The zero-order chi connectivity index (χ0) is 19.7. The van der Waals surface area contributed by atoms with Gasteiger partial charge in [-0.25, -0.2) is 0 Å². The lowest BCUT2D eigenvalue weighted by Crippen LogP contribution is -2.61. The molecular weight excluding hydrogens is 354 g/mol. The molecule has 0 saturated heterocycles. The number of aliphatic hydroxyl groups is 3. The molecule has 1 aliphatic heterocycles. The Morgan fingerprint density at radius 2 is 1.63 bits per heavy atom. The van der Waals surface area contributed by atoms with Gasteiger partial charge in [-0.1, -0.05) is 0 Å². The molecule has 0 bridgehead atoms. The summed E-state index contributed by atoms with van der Waals surface area (Å²) in [5.74, 6) is 0.309. The van der Waals surface area contributed by atoms with Crippen molar-refractivity contribution in [2.75, 3.05) is 19.8 Å². The summed E-state index contributed by atoms with van der Waals surface area (Å²) in [5.41, 5.74) is 0.935. The fourth-order valence-corrected chi connectivity index (χ4v) is 3.94. The first kappa shape index (κ1) is 19.7. The summed E-state index contributed by atoms with van der Waals surface area (Å²) in [6.45, 7) is 6.58. The number of nitrogens with one attached hydrogen (secondary N) is 1. The molecule has 8 heteroatoms. The predicted molar refractivity (Wildman–Crippen MR) is 96.6 cm³/mol. The monoisotopic (exact) mass is 381 g/mol. The van der Waals surface area contributed by atoms with Gasteiger partial charge in [0.15, 0.2) is 11.5 Å². The van der Waals surface area contributed by atoms with Gasteiger partial charge in [0.2, 0.25) is 5.75 Å². The molecular formula is C19H27NO7. The van der Waals surface area contributed by atoms with Gasteiger partial charge < -0.3 is 34.8 Å². The molecule has 5 unspecified atom stereocenters. The molecule has 0 spiro atoms. The highest BCUT2D eigenvalue weighted by atomic mass is 16.5. The van der Waals surface area contributed by atoms with Gasteiger partial charge in [-0.05, 0) is 38.8 Å². The second kappa shape index (κ2) is 7.92. The number of carbonyl (C=O) groups excluding carboxylic acids is 1. The minimum absolute atomic E-state index is 0.196. The lowest BCUT2D eigenvalue weighted by molar-refractivity contribution is -0.104. The van der Waals surface area contributed by atoms with Crippen molar-refractivity contribution in [3.05, 3.63) is 17.2 Å². The fraction of sp³-hybridized carbons (Fsp3) is 0.632. The van der Waals surface area contributed by atoms with Crippen LogP contribution in [0.4, 0.5) is 0 Å². The van der Waals surface area contributed by atoms with E-state index in [1.165, 1.54) is 0 Å². The lowest BCUT2D eigenvalue weighted by Gasteiger charge is -2.44. The number of aliphatic hydroxyl groups excluding tert-OH is 3. The zero-order valence-corrected chi connectivity index (χ0v) is 15.8. The Morgan fingerprint density at radius 1 is 1.00 bits per heavy atom. The standard InChI is InChI=1S/C19H27NO7/c1-4-25-12-8-9-10-7-11(21)15(22)16(23)14(10)20-19(24)13(9)18(27-6-3)17(12)26-5-2/h8,10-11,14-16,21-23H,4-7H2,1-3H3,(H,20,24). The third-order valence-corrected chi connectivity index (χ3v) is 5.07. The summed E-state index contributed by atoms with van der Waals surface area (Å²) < 4.78 is 17.2. The Labute approximate surface area is 158 Å². The molecule has 1 fully saturated rings. The molecule has 0 radical (unpaired) electrons. The molecule has 27 heavy (non-hydrogen) atoms. The summed E-state index contributed by atoms with van der Waals surface area (Å²) in [7, 11) is 0. The Bertz CT molecular complexity index is 708. The Morgan fingerprint density at radius 3 is 2.26 bits per heavy atom. The van der Waals surface area contributed by atoms with Crippen molar-refractivity contribution in [3.63, 3.8) is 0 Å². The summed E-state index contributed by atoms with van der Waals surface area (Å²) in [6.07, 6.45) is -3.48. The molecule has 1 aromatic carbocycles.